The van der Waals surface area contributed by atoms with E-state index in [4.69, 9.17) is 9.47 Å². The van der Waals surface area contributed by atoms with Crippen molar-refractivity contribution in [1.29, 1.82) is 0 Å². The summed E-state index contributed by atoms with van der Waals surface area (Å²) in [6.45, 7) is 10.3. The normalized spacial score (nSPS) is 11.2. The Balaban J connectivity index is 2.07. The largest absolute Gasteiger partial charge is 0.462 e. The predicted octanol–water partition coefficient (Wildman–Crippen LogP) is 4.97. The fourth-order valence-corrected chi connectivity index (χ4v) is 2.13. The Morgan fingerprint density at radius 3 is 2.43 bits per heavy atom. The molecule has 0 atom stereocenters. The molecule has 21 heavy (non-hydrogen) atoms. The summed E-state index contributed by atoms with van der Waals surface area (Å²) in [5, 5.41) is 0. The third kappa shape index (κ3) is 4.20. The number of hydrogen-bond donors (Lipinski definition) is 0. The van der Waals surface area contributed by atoms with Crippen LogP contribution in [-0.4, -0.2) is 5.79 Å². The Hall–Kier alpha value is -2.06. The molecule has 0 aliphatic carbocycles. The maximum atomic E-state index is 6.03. The van der Waals surface area contributed by atoms with Crippen LogP contribution >= 0.6 is 0 Å². The molecule has 0 aromatic heterocycles. The molecular weight excluding hydrogens is 260 g/mol. The minimum Gasteiger partial charge on any atom is -0.462 e. The fourth-order valence-electron chi connectivity index (χ4n) is 2.13. The number of benzene rings is 2. The summed E-state index contributed by atoms with van der Waals surface area (Å²) in [7, 11) is 0. The highest BCUT2D eigenvalue weighted by molar-refractivity contribution is 5.59. The molecule has 0 saturated carbocycles. The van der Waals surface area contributed by atoms with Gasteiger partial charge in [0.25, 0.3) is 0 Å². The van der Waals surface area contributed by atoms with Crippen LogP contribution in [-0.2, 0) is 11.3 Å². The Bertz CT molecular complexity index is 600. The van der Waals surface area contributed by atoms with Crippen LogP contribution in [0.4, 0.5) is 0 Å². The number of hydrogen-bond acceptors (Lipinski definition) is 2. The summed E-state index contributed by atoms with van der Waals surface area (Å²) in [5.41, 5.74) is 3.28. The molecule has 0 fully saturated rings. The lowest BCUT2D eigenvalue weighted by molar-refractivity contribution is -0.164. The molecule has 0 unspecified atom stereocenters. The zero-order valence-electron chi connectivity index (χ0n) is 12.9. The highest BCUT2D eigenvalue weighted by Gasteiger charge is 2.22. The van der Waals surface area contributed by atoms with Gasteiger partial charge in [-0.1, -0.05) is 55.1 Å². The van der Waals surface area contributed by atoms with Crippen LogP contribution in [0.25, 0.3) is 6.08 Å². The van der Waals surface area contributed by atoms with E-state index in [9.17, 15) is 0 Å². The summed E-state index contributed by atoms with van der Waals surface area (Å²) in [6.07, 6.45) is 1.82. The van der Waals surface area contributed by atoms with E-state index in [0.29, 0.717) is 6.61 Å². The van der Waals surface area contributed by atoms with Crippen LogP contribution in [0, 0.1) is 6.92 Å². The number of ether oxygens (including phenoxy) is 2. The first-order valence-electron chi connectivity index (χ1n) is 7.11. The van der Waals surface area contributed by atoms with Gasteiger partial charge in [-0.05, 0) is 24.1 Å². The number of rotatable bonds is 6. The molecule has 110 valence electrons. The van der Waals surface area contributed by atoms with Crippen LogP contribution in [0.5, 0.6) is 5.75 Å². The van der Waals surface area contributed by atoms with Gasteiger partial charge >= 0.3 is 0 Å². The van der Waals surface area contributed by atoms with Crippen molar-refractivity contribution in [2.75, 3.05) is 0 Å². The Kier molecular flexibility index (Phi) is 4.81. The van der Waals surface area contributed by atoms with Gasteiger partial charge in [0.2, 0.25) is 5.79 Å². The summed E-state index contributed by atoms with van der Waals surface area (Å²) in [4.78, 5) is 0. The van der Waals surface area contributed by atoms with Crippen molar-refractivity contribution in [3.8, 4) is 5.75 Å². The molecule has 2 aromatic rings. The first-order valence-corrected chi connectivity index (χ1v) is 7.11. The van der Waals surface area contributed by atoms with Gasteiger partial charge < -0.3 is 9.47 Å². The van der Waals surface area contributed by atoms with Gasteiger partial charge in [0.1, 0.15) is 5.75 Å². The summed E-state index contributed by atoms with van der Waals surface area (Å²) in [6, 6.07) is 16.0. The lowest BCUT2D eigenvalue weighted by Gasteiger charge is -2.28. The van der Waals surface area contributed by atoms with Crippen molar-refractivity contribution in [3.05, 3.63) is 71.8 Å². The van der Waals surface area contributed by atoms with Crippen LogP contribution in [0.3, 0.4) is 0 Å². The minimum absolute atomic E-state index is 0.517. The third-order valence-electron chi connectivity index (χ3n) is 3.27. The molecule has 0 aliphatic rings. The highest BCUT2D eigenvalue weighted by atomic mass is 16.7. The van der Waals surface area contributed by atoms with Crippen LogP contribution < -0.4 is 4.74 Å². The van der Waals surface area contributed by atoms with Crippen molar-refractivity contribution >= 4 is 6.08 Å². The summed E-state index contributed by atoms with van der Waals surface area (Å²) in [5.74, 6) is 0.0876. The maximum absolute atomic E-state index is 6.03. The predicted molar refractivity (Wildman–Crippen MR) is 87.2 cm³/mol. The first-order chi connectivity index (χ1) is 10.0. The van der Waals surface area contributed by atoms with Gasteiger partial charge in [-0.15, -0.1) is 0 Å². The fraction of sp³-hybridized carbons (Fsp3) is 0.263. The highest BCUT2D eigenvalue weighted by Crippen LogP contribution is 2.27. The topological polar surface area (TPSA) is 18.5 Å². The first kappa shape index (κ1) is 15.3. The summed E-state index contributed by atoms with van der Waals surface area (Å²) < 4.78 is 11.9. The average Bonchev–Trinajstić information content (AvgIpc) is 2.46. The van der Waals surface area contributed by atoms with Crippen LogP contribution in [0.1, 0.15) is 30.5 Å². The van der Waals surface area contributed by atoms with Crippen molar-refractivity contribution in [1.82, 2.24) is 0 Å². The van der Waals surface area contributed by atoms with E-state index in [-0.39, 0.29) is 0 Å². The van der Waals surface area contributed by atoms with Gasteiger partial charge in [0.15, 0.2) is 0 Å². The van der Waals surface area contributed by atoms with E-state index in [0.717, 1.165) is 22.4 Å². The quantitative estimate of drug-likeness (QED) is 0.696. The van der Waals surface area contributed by atoms with Crippen molar-refractivity contribution < 1.29 is 9.47 Å². The molecule has 0 N–H and O–H groups in total. The monoisotopic (exact) mass is 282 g/mol. The van der Waals surface area contributed by atoms with Gasteiger partial charge in [0.05, 0.1) is 6.61 Å². The van der Waals surface area contributed by atoms with Crippen LogP contribution in [0.15, 0.2) is 55.1 Å². The smallest absolute Gasteiger partial charge is 0.205 e. The SMILES string of the molecule is C=Cc1c(C)cccc1OC(C)(C)OCc1ccccc1. The second-order valence-corrected chi connectivity index (χ2v) is 5.47. The van der Waals surface area contributed by atoms with Crippen molar-refractivity contribution in [2.24, 2.45) is 0 Å². The summed E-state index contributed by atoms with van der Waals surface area (Å²) >= 11 is 0. The van der Waals surface area contributed by atoms with Gasteiger partial charge in [-0.2, -0.15) is 0 Å². The molecule has 0 bridgehead atoms. The van der Waals surface area contributed by atoms with E-state index in [1.54, 1.807) is 0 Å². The third-order valence-corrected chi connectivity index (χ3v) is 3.27. The van der Waals surface area contributed by atoms with Gasteiger partial charge in [0, 0.05) is 19.4 Å². The maximum Gasteiger partial charge on any atom is 0.205 e. The molecule has 0 spiro atoms. The molecule has 2 nitrogen and oxygen atoms in total. The molecule has 0 heterocycles. The lowest BCUT2D eigenvalue weighted by Crippen LogP contribution is -2.32. The van der Waals surface area contributed by atoms with Crippen molar-refractivity contribution in [2.45, 2.75) is 33.2 Å². The second-order valence-electron chi connectivity index (χ2n) is 5.47. The molecule has 2 rings (SSSR count). The van der Waals surface area contributed by atoms with E-state index in [2.05, 4.69) is 6.58 Å². The standard InChI is InChI=1S/C19H22O2/c1-5-17-15(2)10-9-13-18(17)21-19(3,4)20-14-16-11-7-6-8-12-16/h5-13H,1,14H2,2-4H3. The average molecular weight is 282 g/mol. The second kappa shape index (κ2) is 6.59. The Morgan fingerprint density at radius 2 is 1.76 bits per heavy atom. The Morgan fingerprint density at radius 1 is 1.05 bits per heavy atom. The molecule has 2 aromatic carbocycles. The minimum atomic E-state index is -0.707. The molecule has 0 radical (unpaired) electrons. The van der Waals surface area contributed by atoms with E-state index >= 15 is 0 Å². The van der Waals surface area contributed by atoms with Gasteiger partial charge in [-0.25, -0.2) is 0 Å². The van der Waals surface area contributed by atoms with Crippen molar-refractivity contribution in [3.63, 3.8) is 0 Å². The number of aryl methyl sites for hydroxylation is 1. The Labute approximate surface area is 127 Å². The van der Waals surface area contributed by atoms with E-state index < -0.39 is 5.79 Å². The zero-order valence-corrected chi connectivity index (χ0v) is 12.9. The molecule has 2 heteroatoms. The van der Waals surface area contributed by atoms with E-state index in [1.807, 2.05) is 75.4 Å². The van der Waals surface area contributed by atoms with Crippen LogP contribution in [0.2, 0.25) is 0 Å². The van der Waals surface area contributed by atoms with Gasteiger partial charge in [-0.3, -0.25) is 0 Å². The molecule has 0 saturated heterocycles. The van der Waals surface area contributed by atoms with E-state index in [1.165, 1.54) is 0 Å². The molecule has 0 aliphatic heterocycles. The zero-order chi connectivity index (χ0) is 15.3. The lowest BCUT2D eigenvalue weighted by atomic mass is 10.1. The molecular formula is C19H22O2. The molecule has 0 amide bonds.